The molecule has 0 aliphatic heterocycles. The highest BCUT2D eigenvalue weighted by Crippen LogP contribution is 2.21. The van der Waals surface area contributed by atoms with Gasteiger partial charge >= 0.3 is 0 Å². The second-order valence-electron chi connectivity index (χ2n) is 7.32. The Balaban J connectivity index is 2.42. The van der Waals surface area contributed by atoms with E-state index in [9.17, 15) is 22.8 Å². The van der Waals surface area contributed by atoms with Gasteiger partial charge < -0.3 is 10.2 Å². The zero-order chi connectivity index (χ0) is 24.1. The van der Waals surface area contributed by atoms with Crippen molar-refractivity contribution in [3.8, 4) is 0 Å². The molecule has 2 aromatic carbocycles. The molecule has 1 N–H and O–H groups in total. The van der Waals surface area contributed by atoms with E-state index in [-0.39, 0.29) is 18.0 Å². The van der Waals surface area contributed by atoms with Gasteiger partial charge in [-0.1, -0.05) is 35.9 Å². The minimum Gasteiger partial charge on any atom is -0.357 e. The standard InChI is InChI=1S/C22H26ClN3O5S/c1-15(22(29)24-3)25(13-17-7-5-9-19(23)11-17)21(28)14-26(32(4,30)31)20-10-6-8-18(12-20)16(2)27/h5-12,15H,13-14H2,1-4H3,(H,24,29)/t15-/m1/s1. The molecule has 0 aromatic heterocycles. The van der Waals surface area contributed by atoms with Gasteiger partial charge in [0.1, 0.15) is 12.6 Å². The molecule has 2 aromatic rings. The third-order valence-corrected chi connectivity index (χ3v) is 6.25. The number of carbonyl (C=O) groups excluding carboxylic acids is 3. The van der Waals surface area contributed by atoms with Crippen molar-refractivity contribution in [1.29, 1.82) is 0 Å². The lowest BCUT2D eigenvalue weighted by atomic mass is 10.1. The van der Waals surface area contributed by atoms with Gasteiger partial charge in [-0.15, -0.1) is 0 Å². The summed E-state index contributed by atoms with van der Waals surface area (Å²) < 4.78 is 25.9. The van der Waals surface area contributed by atoms with E-state index in [0.29, 0.717) is 16.1 Å². The van der Waals surface area contributed by atoms with E-state index >= 15 is 0 Å². The van der Waals surface area contributed by atoms with E-state index in [2.05, 4.69) is 5.32 Å². The number of nitrogens with zero attached hydrogens (tertiary/aromatic N) is 2. The number of hydrogen-bond donors (Lipinski definition) is 1. The summed E-state index contributed by atoms with van der Waals surface area (Å²) in [5.41, 5.74) is 1.19. The maximum absolute atomic E-state index is 13.3. The predicted octanol–water partition coefficient (Wildman–Crippen LogP) is 2.47. The monoisotopic (exact) mass is 479 g/mol. The summed E-state index contributed by atoms with van der Waals surface area (Å²) in [4.78, 5) is 38.6. The fourth-order valence-corrected chi connectivity index (χ4v) is 4.17. The Hall–Kier alpha value is -2.91. The van der Waals surface area contributed by atoms with Crippen molar-refractivity contribution in [2.75, 3.05) is 24.2 Å². The van der Waals surface area contributed by atoms with Crippen LogP contribution in [-0.2, 0) is 26.2 Å². The first-order valence-corrected chi connectivity index (χ1v) is 12.0. The molecule has 0 unspecified atom stereocenters. The molecule has 8 nitrogen and oxygen atoms in total. The topological polar surface area (TPSA) is 104 Å². The summed E-state index contributed by atoms with van der Waals surface area (Å²) >= 11 is 6.04. The predicted molar refractivity (Wildman–Crippen MR) is 124 cm³/mol. The summed E-state index contributed by atoms with van der Waals surface area (Å²) in [7, 11) is -2.41. The number of benzene rings is 2. The van der Waals surface area contributed by atoms with Crippen molar-refractivity contribution in [2.45, 2.75) is 26.4 Å². The smallest absolute Gasteiger partial charge is 0.244 e. The maximum Gasteiger partial charge on any atom is 0.244 e. The van der Waals surface area contributed by atoms with Gasteiger partial charge in [0, 0.05) is 24.2 Å². The average Bonchev–Trinajstić information content (AvgIpc) is 2.73. The summed E-state index contributed by atoms with van der Waals surface area (Å²) in [5.74, 6) is -1.22. The highest BCUT2D eigenvalue weighted by Gasteiger charge is 2.29. The molecule has 0 fully saturated rings. The van der Waals surface area contributed by atoms with Crippen LogP contribution in [0.2, 0.25) is 5.02 Å². The Morgan fingerprint density at radius 1 is 1.09 bits per heavy atom. The number of anilines is 1. The highest BCUT2D eigenvalue weighted by atomic mass is 35.5. The van der Waals surface area contributed by atoms with Crippen LogP contribution >= 0.6 is 11.6 Å². The van der Waals surface area contributed by atoms with Gasteiger partial charge in [-0.2, -0.15) is 0 Å². The third-order valence-electron chi connectivity index (χ3n) is 4.88. The van der Waals surface area contributed by atoms with Crippen molar-refractivity contribution in [3.05, 3.63) is 64.7 Å². The molecule has 0 heterocycles. The third kappa shape index (κ3) is 6.54. The Labute approximate surface area is 193 Å². The summed E-state index contributed by atoms with van der Waals surface area (Å²) in [6.45, 7) is 2.44. The zero-order valence-electron chi connectivity index (χ0n) is 18.3. The van der Waals surface area contributed by atoms with E-state index in [0.717, 1.165) is 10.6 Å². The van der Waals surface area contributed by atoms with Crippen molar-refractivity contribution < 1.29 is 22.8 Å². The lowest BCUT2D eigenvalue weighted by Crippen LogP contribution is -2.50. The van der Waals surface area contributed by atoms with Crippen molar-refractivity contribution in [3.63, 3.8) is 0 Å². The lowest BCUT2D eigenvalue weighted by molar-refractivity contribution is -0.139. The van der Waals surface area contributed by atoms with Gasteiger partial charge in [-0.05, 0) is 43.7 Å². The molecule has 2 rings (SSSR count). The molecule has 0 bridgehead atoms. The van der Waals surface area contributed by atoms with Crippen molar-refractivity contribution in [1.82, 2.24) is 10.2 Å². The van der Waals surface area contributed by atoms with Gasteiger partial charge in [0.05, 0.1) is 11.9 Å². The van der Waals surface area contributed by atoms with E-state index in [1.165, 1.54) is 31.0 Å². The maximum atomic E-state index is 13.3. The molecule has 0 aliphatic rings. The van der Waals surface area contributed by atoms with Crippen LogP contribution in [0.25, 0.3) is 0 Å². The number of hydrogen-bond acceptors (Lipinski definition) is 5. The second-order valence-corrected chi connectivity index (χ2v) is 9.66. The van der Waals surface area contributed by atoms with Gasteiger partial charge in [-0.25, -0.2) is 8.42 Å². The SMILES string of the molecule is CNC(=O)[C@@H](C)N(Cc1cccc(Cl)c1)C(=O)CN(c1cccc(C(C)=O)c1)S(C)(=O)=O. The second kappa shape index (κ2) is 10.6. The number of amides is 2. The number of Topliss-reactive ketones (excluding diaryl/α,β-unsaturated/α-hetero) is 1. The highest BCUT2D eigenvalue weighted by molar-refractivity contribution is 7.92. The molecule has 0 spiro atoms. The number of sulfonamides is 1. The molecule has 172 valence electrons. The molecule has 0 saturated carbocycles. The van der Waals surface area contributed by atoms with Gasteiger partial charge in [0.15, 0.2) is 5.78 Å². The van der Waals surface area contributed by atoms with Crippen molar-refractivity contribution in [2.24, 2.45) is 0 Å². The van der Waals surface area contributed by atoms with Crippen LogP contribution < -0.4 is 9.62 Å². The molecular formula is C22H26ClN3O5S. The van der Waals surface area contributed by atoms with E-state index < -0.39 is 34.4 Å². The van der Waals surface area contributed by atoms with E-state index in [1.807, 2.05) is 0 Å². The Kier molecular flexibility index (Phi) is 8.40. The average molecular weight is 480 g/mol. The largest absolute Gasteiger partial charge is 0.357 e. The van der Waals surface area contributed by atoms with Crippen LogP contribution in [0, 0.1) is 0 Å². The first-order valence-electron chi connectivity index (χ1n) is 9.78. The number of carbonyl (C=O) groups is 3. The first kappa shape index (κ1) is 25.4. The molecule has 0 radical (unpaired) electrons. The van der Waals surface area contributed by atoms with E-state index in [1.54, 1.807) is 43.3 Å². The van der Waals surface area contributed by atoms with Crippen LogP contribution in [0.5, 0.6) is 0 Å². The quantitative estimate of drug-likeness (QED) is 0.556. The number of rotatable bonds is 9. The fraction of sp³-hybridized carbons (Fsp3) is 0.318. The summed E-state index contributed by atoms with van der Waals surface area (Å²) in [6.07, 6.45) is 0.976. The number of halogens is 1. The van der Waals surface area contributed by atoms with Crippen LogP contribution in [0.1, 0.15) is 29.8 Å². The van der Waals surface area contributed by atoms with Crippen LogP contribution in [0.3, 0.4) is 0 Å². The lowest BCUT2D eigenvalue weighted by Gasteiger charge is -2.31. The van der Waals surface area contributed by atoms with Crippen LogP contribution in [-0.4, -0.2) is 56.8 Å². The van der Waals surface area contributed by atoms with Gasteiger partial charge in [0.2, 0.25) is 21.8 Å². The summed E-state index contributed by atoms with van der Waals surface area (Å²) in [5, 5.41) is 2.98. The number of likely N-dealkylation sites (N-methyl/N-ethyl adjacent to an activating group) is 1. The van der Waals surface area contributed by atoms with Gasteiger partial charge in [0.25, 0.3) is 0 Å². The molecule has 10 heteroatoms. The van der Waals surface area contributed by atoms with Crippen molar-refractivity contribution >= 4 is 44.9 Å². The first-order chi connectivity index (χ1) is 14.9. The fourth-order valence-electron chi connectivity index (χ4n) is 3.12. The molecular weight excluding hydrogens is 454 g/mol. The zero-order valence-corrected chi connectivity index (χ0v) is 19.9. The van der Waals surface area contributed by atoms with Crippen LogP contribution in [0.4, 0.5) is 5.69 Å². The Morgan fingerprint density at radius 3 is 2.31 bits per heavy atom. The number of ketones is 1. The minimum atomic E-state index is -3.87. The molecule has 2 amide bonds. The molecule has 1 atom stereocenters. The molecule has 32 heavy (non-hydrogen) atoms. The Bertz CT molecular complexity index is 1120. The van der Waals surface area contributed by atoms with Gasteiger partial charge in [-0.3, -0.25) is 18.7 Å². The normalized spacial score (nSPS) is 12.0. The minimum absolute atomic E-state index is 0.0546. The molecule has 0 saturated heterocycles. The summed E-state index contributed by atoms with van der Waals surface area (Å²) in [6, 6.07) is 12.0. The van der Waals surface area contributed by atoms with E-state index in [4.69, 9.17) is 11.6 Å². The number of nitrogens with one attached hydrogen (secondary N) is 1. The Morgan fingerprint density at radius 2 is 1.75 bits per heavy atom. The van der Waals surface area contributed by atoms with Crippen LogP contribution in [0.15, 0.2) is 48.5 Å². The molecule has 0 aliphatic carbocycles.